The molecule has 0 radical (unpaired) electrons. The van der Waals surface area contributed by atoms with Crippen molar-refractivity contribution in [1.82, 2.24) is 15.0 Å². The number of hydrogen-bond donors (Lipinski definition) is 0. The molecular weight excluding hydrogens is 883 g/mol. The molecule has 340 valence electrons. The van der Waals surface area contributed by atoms with Gasteiger partial charge in [-0.2, -0.15) is 0 Å². The van der Waals surface area contributed by atoms with Crippen LogP contribution in [0.2, 0.25) is 0 Å². The summed E-state index contributed by atoms with van der Waals surface area (Å²) in [7, 11) is 0. The van der Waals surface area contributed by atoms with Crippen molar-refractivity contribution >= 4 is 0 Å². The Bertz CT molecular complexity index is 3760. The summed E-state index contributed by atoms with van der Waals surface area (Å²) < 4.78 is 0. The van der Waals surface area contributed by atoms with E-state index in [1.165, 1.54) is 55.6 Å². The highest BCUT2D eigenvalue weighted by atomic mass is 15.0. The molecule has 2 aliphatic carbocycles. The van der Waals surface area contributed by atoms with Crippen LogP contribution >= 0.6 is 0 Å². The molecule has 1 heterocycles. The van der Waals surface area contributed by atoms with Gasteiger partial charge < -0.3 is 0 Å². The first-order valence-corrected chi connectivity index (χ1v) is 25.0. The first-order valence-electron chi connectivity index (χ1n) is 25.0. The molecule has 0 fully saturated rings. The molecule has 0 unspecified atom stereocenters. The van der Waals surface area contributed by atoms with Gasteiger partial charge >= 0.3 is 0 Å². The van der Waals surface area contributed by atoms with Crippen LogP contribution in [-0.4, -0.2) is 15.0 Å². The highest BCUT2D eigenvalue weighted by Crippen LogP contribution is 2.61. The molecule has 14 rings (SSSR count). The van der Waals surface area contributed by atoms with Crippen LogP contribution in [0.4, 0.5) is 0 Å². The Morgan fingerprint density at radius 3 is 0.822 bits per heavy atom. The molecule has 12 aromatic rings. The third-order valence-electron chi connectivity index (χ3n) is 14.9. The van der Waals surface area contributed by atoms with E-state index in [0.29, 0.717) is 17.5 Å². The molecule has 73 heavy (non-hydrogen) atoms. The lowest BCUT2D eigenvalue weighted by Gasteiger charge is -2.35. The van der Waals surface area contributed by atoms with Gasteiger partial charge in [-0.1, -0.05) is 231 Å². The van der Waals surface area contributed by atoms with E-state index >= 15 is 0 Å². The molecule has 0 amide bonds. The van der Waals surface area contributed by atoms with E-state index in [1.54, 1.807) is 0 Å². The molecular formula is C70H45N3. The molecule has 0 atom stereocenters. The third-order valence-corrected chi connectivity index (χ3v) is 14.9. The molecule has 0 N–H and O–H groups in total. The predicted molar refractivity (Wildman–Crippen MR) is 300 cm³/mol. The van der Waals surface area contributed by atoms with E-state index in [9.17, 15) is 0 Å². The van der Waals surface area contributed by atoms with Gasteiger partial charge in [0.15, 0.2) is 17.5 Å². The third kappa shape index (κ3) is 7.08. The maximum atomic E-state index is 5.57. The molecule has 1 spiro atoms. The fourth-order valence-electron chi connectivity index (χ4n) is 11.7. The largest absolute Gasteiger partial charge is 0.208 e. The second kappa shape index (κ2) is 17.4. The molecule has 1 aromatic heterocycles. The molecule has 3 nitrogen and oxygen atoms in total. The highest BCUT2D eigenvalue weighted by Gasteiger charge is 2.49. The normalized spacial score (nSPS) is 12.5. The second-order valence-electron chi connectivity index (χ2n) is 19.1. The smallest absolute Gasteiger partial charge is 0.164 e. The molecule has 11 aromatic carbocycles. The number of benzene rings is 11. The summed E-state index contributed by atoms with van der Waals surface area (Å²) in [5.74, 6) is 1.79. The van der Waals surface area contributed by atoms with Crippen molar-refractivity contribution < 1.29 is 0 Å². The number of rotatable bonds is 7. The lowest BCUT2D eigenvalue weighted by atomic mass is 9.65. The predicted octanol–water partition coefficient (Wildman–Crippen LogP) is 17.6. The lowest BCUT2D eigenvalue weighted by Crippen LogP contribution is -2.29. The Kier molecular flexibility index (Phi) is 10.1. The SMILES string of the molecule is c1ccc(-c2cc(-c3ccccc3)cc(-c3nc(-c4cc(-c5ccccc5)cc(-c5ccccc5)c4)nc(-c4ccc5c(c4)C4(c6ccccc6-c6ccccc6-5)c5ccccc5-c5ccccc54)n3)c2)cc1. The zero-order valence-electron chi connectivity index (χ0n) is 39.8. The zero-order chi connectivity index (χ0) is 48.3. The summed E-state index contributed by atoms with van der Waals surface area (Å²) in [5.41, 5.74) is 23.2. The van der Waals surface area contributed by atoms with Crippen molar-refractivity contribution in [3.63, 3.8) is 0 Å². The van der Waals surface area contributed by atoms with E-state index in [4.69, 9.17) is 15.0 Å². The first kappa shape index (κ1) is 42.3. The minimum atomic E-state index is -0.657. The average Bonchev–Trinajstić information content (AvgIpc) is 3.73. The van der Waals surface area contributed by atoms with Gasteiger partial charge in [-0.3, -0.25) is 0 Å². The maximum Gasteiger partial charge on any atom is 0.164 e. The first-order chi connectivity index (χ1) is 36.2. The fourth-order valence-corrected chi connectivity index (χ4v) is 11.7. The van der Waals surface area contributed by atoms with Crippen LogP contribution in [0.1, 0.15) is 22.3 Å². The molecule has 0 aliphatic heterocycles. The zero-order valence-corrected chi connectivity index (χ0v) is 39.8. The number of aromatic nitrogens is 3. The second-order valence-corrected chi connectivity index (χ2v) is 19.1. The van der Waals surface area contributed by atoms with Gasteiger partial charge in [-0.25, -0.2) is 15.0 Å². The lowest BCUT2D eigenvalue weighted by molar-refractivity contribution is 0.775. The van der Waals surface area contributed by atoms with E-state index in [-0.39, 0.29) is 0 Å². The standard InChI is InChI=1S/C70H45N3/c1-5-21-46(22-6-1)51-39-52(47-23-7-2-8-24-47)42-55(41-51)68-71-67(72-69(73-68)56-43-53(48-25-9-3-10-26-48)40-54(44-56)49-27-11-4-12-28-49)50-37-38-62-58-30-14-13-29-57(58)59-31-15-18-34-63(59)70(66(62)45-50)64-35-19-16-32-60(64)61-33-17-20-36-65(61)70/h1-45H. The van der Waals surface area contributed by atoms with E-state index in [2.05, 4.69) is 273 Å². The van der Waals surface area contributed by atoms with Crippen molar-refractivity contribution in [1.29, 1.82) is 0 Å². The van der Waals surface area contributed by atoms with Gasteiger partial charge in [0.25, 0.3) is 0 Å². The summed E-state index contributed by atoms with van der Waals surface area (Å²) in [6, 6.07) is 98.6. The molecule has 3 heteroatoms. The average molecular weight is 928 g/mol. The molecule has 0 saturated heterocycles. The summed E-state index contributed by atoms with van der Waals surface area (Å²) in [5, 5.41) is 0. The number of nitrogens with zero attached hydrogens (tertiary/aromatic N) is 3. The van der Waals surface area contributed by atoms with Gasteiger partial charge in [-0.15, -0.1) is 0 Å². The van der Waals surface area contributed by atoms with Crippen molar-refractivity contribution in [2.45, 2.75) is 5.41 Å². The minimum absolute atomic E-state index is 0.596. The van der Waals surface area contributed by atoms with Crippen LogP contribution in [0.15, 0.2) is 273 Å². The molecule has 0 saturated carbocycles. The van der Waals surface area contributed by atoms with Crippen LogP contribution in [0.3, 0.4) is 0 Å². The number of hydrogen-bond acceptors (Lipinski definition) is 3. The topological polar surface area (TPSA) is 38.7 Å². The van der Waals surface area contributed by atoms with Gasteiger partial charge in [0.1, 0.15) is 0 Å². The summed E-state index contributed by atoms with van der Waals surface area (Å²) in [4.78, 5) is 16.7. The van der Waals surface area contributed by atoms with E-state index in [1.807, 2.05) is 0 Å². The van der Waals surface area contributed by atoms with Crippen LogP contribution < -0.4 is 0 Å². The van der Waals surface area contributed by atoms with Crippen LogP contribution in [-0.2, 0) is 5.41 Å². The van der Waals surface area contributed by atoms with Gasteiger partial charge in [-0.05, 0) is 143 Å². The van der Waals surface area contributed by atoms with Gasteiger partial charge in [0.2, 0.25) is 0 Å². The Morgan fingerprint density at radius 1 is 0.178 bits per heavy atom. The van der Waals surface area contributed by atoms with E-state index in [0.717, 1.165) is 61.2 Å². The van der Waals surface area contributed by atoms with Crippen molar-refractivity contribution in [3.05, 3.63) is 295 Å². The number of fused-ring (bicyclic) bond motifs is 12. The van der Waals surface area contributed by atoms with Crippen molar-refractivity contribution in [2.75, 3.05) is 0 Å². The maximum absolute atomic E-state index is 5.57. The Labute approximate surface area is 425 Å². The quantitative estimate of drug-likeness (QED) is 0.160. The Balaban J connectivity index is 1.06. The summed E-state index contributed by atoms with van der Waals surface area (Å²) >= 11 is 0. The monoisotopic (exact) mass is 927 g/mol. The van der Waals surface area contributed by atoms with Crippen LogP contribution in [0.25, 0.3) is 112 Å². The van der Waals surface area contributed by atoms with Gasteiger partial charge in [0, 0.05) is 16.7 Å². The van der Waals surface area contributed by atoms with Crippen LogP contribution in [0.5, 0.6) is 0 Å². The summed E-state index contributed by atoms with van der Waals surface area (Å²) in [6.45, 7) is 0. The molecule has 0 bridgehead atoms. The van der Waals surface area contributed by atoms with Crippen molar-refractivity contribution in [2.24, 2.45) is 0 Å². The fraction of sp³-hybridized carbons (Fsp3) is 0.0143. The Morgan fingerprint density at radius 2 is 0.452 bits per heavy atom. The highest BCUT2D eigenvalue weighted by molar-refractivity contribution is 5.98. The summed E-state index contributed by atoms with van der Waals surface area (Å²) in [6.07, 6.45) is 0. The van der Waals surface area contributed by atoms with E-state index < -0.39 is 5.41 Å². The Hall–Kier alpha value is -9.57. The van der Waals surface area contributed by atoms with Gasteiger partial charge in [0.05, 0.1) is 5.41 Å². The minimum Gasteiger partial charge on any atom is -0.208 e. The van der Waals surface area contributed by atoms with Crippen molar-refractivity contribution in [3.8, 4) is 112 Å². The van der Waals surface area contributed by atoms with Crippen LogP contribution in [0, 0.1) is 0 Å². The molecule has 2 aliphatic rings.